The van der Waals surface area contributed by atoms with Crippen molar-refractivity contribution in [2.75, 3.05) is 39.9 Å². The van der Waals surface area contributed by atoms with Crippen molar-refractivity contribution in [3.05, 3.63) is 0 Å². The van der Waals surface area contributed by atoms with E-state index >= 15 is 0 Å². The summed E-state index contributed by atoms with van der Waals surface area (Å²) in [6.45, 7) is 8.00. The van der Waals surface area contributed by atoms with E-state index in [1.54, 1.807) is 6.92 Å². The molecule has 0 aromatic heterocycles. The Labute approximate surface area is 114 Å². The largest absolute Gasteiger partial charge is 0.379 e. The predicted molar refractivity (Wildman–Crippen MR) is 71.9 cm³/mol. The van der Waals surface area contributed by atoms with E-state index in [4.69, 9.17) is 4.74 Å². The van der Waals surface area contributed by atoms with Crippen LogP contribution in [0.5, 0.6) is 0 Å². The molecular formula is C12H24N4O3. The summed E-state index contributed by atoms with van der Waals surface area (Å²) in [6.07, 6.45) is 0. The van der Waals surface area contributed by atoms with Crippen LogP contribution < -0.4 is 16.0 Å². The first-order valence-electron chi connectivity index (χ1n) is 6.61. The number of nitrogens with zero attached hydrogens (tertiary/aromatic N) is 1. The van der Waals surface area contributed by atoms with Gasteiger partial charge in [0.1, 0.15) is 0 Å². The molecule has 1 rings (SSSR count). The summed E-state index contributed by atoms with van der Waals surface area (Å²) < 4.78 is 5.29. The van der Waals surface area contributed by atoms with Gasteiger partial charge in [0.15, 0.2) is 0 Å². The maximum Gasteiger partial charge on any atom is 0.321 e. The Morgan fingerprint density at radius 3 is 2.47 bits per heavy atom. The van der Waals surface area contributed by atoms with E-state index in [1.807, 2.05) is 6.92 Å². The minimum Gasteiger partial charge on any atom is -0.379 e. The molecule has 0 radical (unpaired) electrons. The SMILES string of the molecule is CNC(=O)NC(=O)C(C)NC(C)CN1CCOCC1. The van der Waals surface area contributed by atoms with Crippen LogP contribution in [0, 0.1) is 0 Å². The lowest BCUT2D eigenvalue weighted by atomic mass is 10.2. The number of amides is 3. The highest BCUT2D eigenvalue weighted by Crippen LogP contribution is 1.99. The predicted octanol–water partition coefficient (Wildman–Crippen LogP) is -0.859. The first-order valence-corrected chi connectivity index (χ1v) is 6.61. The van der Waals surface area contributed by atoms with E-state index in [-0.39, 0.29) is 11.9 Å². The van der Waals surface area contributed by atoms with Crippen molar-refractivity contribution in [2.24, 2.45) is 0 Å². The number of imide groups is 1. The highest BCUT2D eigenvalue weighted by atomic mass is 16.5. The number of urea groups is 1. The molecule has 7 heteroatoms. The Balaban J connectivity index is 2.27. The van der Waals surface area contributed by atoms with Crippen molar-refractivity contribution in [2.45, 2.75) is 25.9 Å². The smallest absolute Gasteiger partial charge is 0.321 e. The summed E-state index contributed by atoms with van der Waals surface area (Å²) in [5.41, 5.74) is 0. The fourth-order valence-electron chi connectivity index (χ4n) is 2.01. The molecule has 0 spiro atoms. The van der Waals surface area contributed by atoms with Gasteiger partial charge in [-0.3, -0.25) is 15.0 Å². The van der Waals surface area contributed by atoms with Crippen LogP contribution in [0.4, 0.5) is 4.79 Å². The summed E-state index contributed by atoms with van der Waals surface area (Å²) in [5.74, 6) is -0.326. The van der Waals surface area contributed by atoms with Gasteiger partial charge < -0.3 is 15.4 Å². The van der Waals surface area contributed by atoms with Crippen LogP contribution in [0.2, 0.25) is 0 Å². The second-order valence-electron chi connectivity index (χ2n) is 4.77. The van der Waals surface area contributed by atoms with Crippen LogP contribution in [0.3, 0.4) is 0 Å². The quantitative estimate of drug-likeness (QED) is 0.607. The Morgan fingerprint density at radius 1 is 1.26 bits per heavy atom. The number of morpholine rings is 1. The zero-order valence-electron chi connectivity index (χ0n) is 11.9. The molecule has 3 amide bonds. The molecule has 0 bridgehead atoms. The molecule has 1 fully saturated rings. The van der Waals surface area contributed by atoms with E-state index in [1.165, 1.54) is 7.05 Å². The van der Waals surface area contributed by atoms with E-state index in [0.717, 1.165) is 32.8 Å². The first-order chi connectivity index (χ1) is 9.02. The molecule has 1 saturated heterocycles. The number of carbonyl (C=O) groups excluding carboxylic acids is 2. The summed E-state index contributed by atoms with van der Waals surface area (Å²) >= 11 is 0. The molecular weight excluding hydrogens is 248 g/mol. The summed E-state index contributed by atoms with van der Waals surface area (Å²) in [6, 6.07) is -0.726. The second kappa shape index (κ2) is 8.08. The van der Waals surface area contributed by atoms with Crippen molar-refractivity contribution in [1.29, 1.82) is 0 Å². The van der Waals surface area contributed by atoms with Crippen LogP contribution in [0.1, 0.15) is 13.8 Å². The summed E-state index contributed by atoms with van der Waals surface area (Å²) in [5, 5.41) is 7.78. The Kier molecular flexibility index (Phi) is 6.75. The normalized spacial score (nSPS) is 19.5. The standard InChI is InChI=1S/C12H24N4O3/c1-9(8-16-4-6-19-7-5-16)14-10(2)11(17)15-12(18)13-3/h9-10,14H,4-8H2,1-3H3,(H2,13,15,17,18). The van der Waals surface area contributed by atoms with Gasteiger partial charge in [0, 0.05) is 32.7 Å². The molecule has 1 aliphatic heterocycles. The average molecular weight is 272 g/mol. The fraction of sp³-hybridized carbons (Fsp3) is 0.833. The summed E-state index contributed by atoms with van der Waals surface area (Å²) in [4.78, 5) is 25.0. The van der Waals surface area contributed by atoms with Crippen molar-refractivity contribution >= 4 is 11.9 Å². The molecule has 2 atom stereocenters. The van der Waals surface area contributed by atoms with Gasteiger partial charge in [0.2, 0.25) is 5.91 Å². The van der Waals surface area contributed by atoms with Crippen LogP contribution in [-0.4, -0.2) is 68.8 Å². The first kappa shape index (κ1) is 15.9. The number of rotatable bonds is 5. The van der Waals surface area contributed by atoms with Crippen molar-refractivity contribution in [3.63, 3.8) is 0 Å². The minimum atomic E-state index is -0.487. The van der Waals surface area contributed by atoms with Gasteiger partial charge in [0.05, 0.1) is 19.3 Å². The molecule has 0 saturated carbocycles. The topological polar surface area (TPSA) is 82.7 Å². The summed E-state index contributed by atoms with van der Waals surface area (Å²) in [7, 11) is 1.47. The minimum absolute atomic E-state index is 0.170. The maximum atomic E-state index is 11.7. The Hall–Kier alpha value is -1.18. The van der Waals surface area contributed by atoms with E-state index < -0.39 is 12.1 Å². The van der Waals surface area contributed by atoms with Crippen LogP contribution >= 0.6 is 0 Å². The number of hydrogen-bond acceptors (Lipinski definition) is 5. The number of ether oxygens (including phenoxy) is 1. The van der Waals surface area contributed by atoms with E-state index in [0.29, 0.717) is 0 Å². The lowest BCUT2D eigenvalue weighted by Gasteiger charge is -2.30. The van der Waals surface area contributed by atoms with Crippen LogP contribution in [-0.2, 0) is 9.53 Å². The lowest BCUT2D eigenvalue weighted by molar-refractivity contribution is -0.121. The zero-order valence-corrected chi connectivity index (χ0v) is 11.9. The van der Waals surface area contributed by atoms with Gasteiger partial charge in [-0.05, 0) is 13.8 Å². The molecule has 7 nitrogen and oxygen atoms in total. The fourth-order valence-corrected chi connectivity index (χ4v) is 2.01. The molecule has 3 N–H and O–H groups in total. The van der Waals surface area contributed by atoms with Gasteiger partial charge in [0.25, 0.3) is 0 Å². The maximum absolute atomic E-state index is 11.7. The van der Waals surface area contributed by atoms with Crippen molar-refractivity contribution in [3.8, 4) is 0 Å². The van der Waals surface area contributed by atoms with Gasteiger partial charge in [-0.1, -0.05) is 0 Å². The number of nitrogens with one attached hydrogen (secondary N) is 3. The van der Waals surface area contributed by atoms with E-state index in [9.17, 15) is 9.59 Å². The van der Waals surface area contributed by atoms with Gasteiger partial charge >= 0.3 is 6.03 Å². The third-order valence-corrected chi connectivity index (χ3v) is 3.03. The number of carbonyl (C=O) groups is 2. The molecule has 0 aromatic carbocycles. The van der Waals surface area contributed by atoms with Crippen LogP contribution in [0.25, 0.3) is 0 Å². The molecule has 110 valence electrons. The van der Waals surface area contributed by atoms with Gasteiger partial charge in [-0.15, -0.1) is 0 Å². The third-order valence-electron chi connectivity index (χ3n) is 3.03. The van der Waals surface area contributed by atoms with Gasteiger partial charge in [-0.2, -0.15) is 0 Å². The zero-order chi connectivity index (χ0) is 14.3. The van der Waals surface area contributed by atoms with E-state index in [2.05, 4.69) is 20.9 Å². The van der Waals surface area contributed by atoms with Gasteiger partial charge in [-0.25, -0.2) is 4.79 Å². The Bertz CT molecular complexity index is 305. The molecule has 1 heterocycles. The van der Waals surface area contributed by atoms with Crippen molar-refractivity contribution in [1.82, 2.24) is 20.9 Å². The lowest BCUT2D eigenvalue weighted by Crippen LogP contribution is -2.52. The Morgan fingerprint density at radius 2 is 1.89 bits per heavy atom. The molecule has 0 aliphatic carbocycles. The highest BCUT2D eigenvalue weighted by Gasteiger charge is 2.19. The van der Waals surface area contributed by atoms with Crippen molar-refractivity contribution < 1.29 is 14.3 Å². The number of hydrogen-bond donors (Lipinski definition) is 3. The molecule has 2 unspecified atom stereocenters. The molecule has 0 aromatic rings. The monoisotopic (exact) mass is 272 g/mol. The van der Waals surface area contributed by atoms with Crippen LogP contribution in [0.15, 0.2) is 0 Å². The average Bonchev–Trinajstić information content (AvgIpc) is 2.39. The third kappa shape index (κ3) is 6.00. The molecule has 19 heavy (non-hydrogen) atoms. The highest BCUT2D eigenvalue weighted by molar-refractivity contribution is 5.96. The second-order valence-corrected chi connectivity index (χ2v) is 4.77. The molecule has 1 aliphatic rings.